The van der Waals surface area contributed by atoms with Gasteiger partial charge in [0.25, 0.3) is 5.95 Å². The Hall–Kier alpha value is -1.98. The quantitative estimate of drug-likeness (QED) is 0.831. The number of halogens is 3. The van der Waals surface area contributed by atoms with Crippen LogP contribution in [0.4, 0.5) is 13.2 Å². The lowest BCUT2D eigenvalue weighted by Gasteiger charge is -2.08. The number of fused-ring (bicyclic) bond motifs is 1. The van der Waals surface area contributed by atoms with Crippen LogP contribution in [0.25, 0.3) is 11.0 Å². The fraction of sp³-hybridized carbons (Fsp3) is 0.250. The molecule has 18 heavy (non-hydrogen) atoms. The maximum absolute atomic E-state index is 12.0. The summed E-state index contributed by atoms with van der Waals surface area (Å²) in [5.74, 6) is -0.435. The van der Waals surface area contributed by atoms with E-state index in [9.17, 15) is 18.0 Å². The Morgan fingerprint density at radius 1 is 1.28 bits per heavy atom. The molecule has 1 aromatic carbocycles. The summed E-state index contributed by atoms with van der Waals surface area (Å²) in [5.41, 5.74) is 0.603. The fourth-order valence-corrected chi connectivity index (χ4v) is 1.46. The summed E-state index contributed by atoms with van der Waals surface area (Å²) < 4.78 is 45.4. The molecule has 0 spiro atoms. The van der Waals surface area contributed by atoms with E-state index in [1.807, 2.05) is 0 Å². The van der Waals surface area contributed by atoms with Crippen LogP contribution in [0.15, 0.2) is 33.5 Å². The van der Waals surface area contributed by atoms with Gasteiger partial charge in [0.05, 0.1) is 11.5 Å². The van der Waals surface area contributed by atoms with Crippen molar-refractivity contribution in [3.63, 3.8) is 0 Å². The first-order chi connectivity index (χ1) is 8.35. The number of hydrogen-bond acceptors (Lipinski definition) is 3. The van der Waals surface area contributed by atoms with Gasteiger partial charge in [-0.15, -0.1) is 0 Å². The Kier molecular flexibility index (Phi) is 3.02. The molecule has 0 saturated carbocycles. The van der Waals surface area contributed by atoms with Gasteiger partial charge in [-0.1, -0.05) is 6.07 Å². The van der Waals surface area contributed by atoms with E-state index in [1.165, 1.54) is 0 Å². The molecule has 0 fully saturated rings. The topological polar surface area (TPSA) is 39.4 Å². The summed E-state index contributed by atoms with van der Waals surface area (Å²) >= 11 is 0. The number of rotatable bonds is 2. The zero-order chi connectivity index (χ0) is 13.3. The molecule has 3 nitrogen and oxygen atoms in total. The van der Waals surface area contributed by atoms with Gasteiger partial charge in [-0.25, -0.2) is 0 Å². The molecule has 2 aromatic rings. The molecule has 0 aliphatic heterocycles. The third kappa shape index (κ3) is 2.82. The van der Waals surface area contributed by atoms with E-state index < -0.39 is 24.2 Å². The molecular formula is C12H9F3O3. The van der Waals surface area contributed by atoms with Gasteiger partial charge in [0.2, 0.25) is 0 Å². The van der Waals surface area contributed by atoms with Gasteiger partial charge < -0.3 is 9.15 Å². The minimum absolute atomic E-state index is 0.208. The third-order valence-electron chi connectivity index (χ3n) is 2.24. The SMILES string of the molecule is Cc1ccc2c(=O)cc(OCC(F)(F)F)oc2c1. The molecule has 2 rings (SSSR count). The van der Waals surface area contributed by atoms with Crippen LogP contribution in [0.3, 0.4) is 0 Å². The lowest BCUT2D eigenvalue weighted by Crippen LogP contribution is -2.19. The van der Waals surface area contributed by atoms with E-state index in [0.29, 0.717) is 5.39 Å². The van der Waals surface area contributed by atoms with E-state index in [1.54, 1.807) is 25.1 Å². The second kappa shape index (κ2) is 4.36. The average Bonchev–Trinajstić information content (AvgIpc) is 2.24. The van der Waals surface area contributed by atoms with Crippen LogP contribution in [0.2, 0.25) is 0 Å². The second-order valence-corrected chi connectivity index (χ2v) is 3.83. The summed E-state index contributed by atoms with van der Waals surface area (Å²) in [5, 5.41) is 0.306. The van der Waals surface area contributed by atoms with Crippen molar-refractivity contribution in [3.8, 4) is 5.95 Å². The summed E-state index contributed by atoms with van der Waals surface area (Å²) in [4.78, 5) is 11.6. The van der Waals surface area contributed by atoms with Crippen molar-refractivity contribution in [1.82, 2.24) is 0 Å². The van der Waals surface area contributed by atoms with Crippen molar-refractivity contribution in [3.05, 3.63) is 40.1 Å². The molecule has 0 aliphatic carbocycles. The molecule has 0 amide bonds. The highest BCUT2D eigenvalue weighted by Gasteiger charge is 2.29. The van der Waals surface area contributed by atoms with Crippen molar-refractivity contribution in [1.29, 1.82) is 0 Å². The largest absolute Gasteiger partial charge is 0.455 e. The molecule has 0 bridgehead atoms. The van der Waals surface area contributed by atoms with Crippen LogP contribution in [0, 0.1) is 6.92 Å². The maximum Gasteiger partial charge on any atom is 0.422 e. The average molecular weight is 258 g/mol. The summed E-state index contributed by atoms with van der Waals surface area (Å²) in [6.45, 7) is 0.288. The Morgan fingerprint density at radius 2 is 2.00 bits per heavy atom. The Bertz CT molecular complexity index is 628. The molecule has 0 unspecified atom stereocenters. The van der Waals surface area contributed by atoms with Gasteiger partial charge >= 0.3 is 6.18 Å². The van der Waals surface area contributed by atoms with E-state index >= 15 is 0 Å². The predicted molar refractivity (Wildman–Crippen MR) is 58.8 cm³/mol. The fourth-order valence-electron chi connectivity index (χ4n) is 1.46. The van der Waals surface area contributed by atoms with Crippen molar-refractivity contribution < 1.29 is 22.3 Å². The molecule has 0 aliphatic rings. The Morgan fingerprint density at radius 3 is 2.67 bits per heavy atom. The van der Waals surface area contributed by atoms with E-state index in [2.05, 4.69) is 4.74 Å². The van der Waals surface area contributed by atoms with Crippen LogP contribution < -0.4 is 10.2 Å². The van der Waals surface area contributed by atoms with Crippen LogP contribution >= 0.6 is 0 Å². The second-order valence-electron chi connectivity index (χ2n) is 3.83. The van der Waals surface area contributed by atoms with Crippen molar-refractivity contribution in [2.75, 3.05) is 6.61 Å². The smallest absolute Gasteiger partial charge is 0.422 e. The van der Waals surface area contributed by atoms with E-state index in [0.717, 1.165) is 11.6 Å². The van der Waals surface area contributed by atoms with Gasteiger partial charge in [0, 0.05) is 0 Å². The number of alkyl halides is 3. The molecule has 1 heterocycles. The number of hydrogen-bond donors (Lipinski definition) is 0. The molecule has 96 valence electrons. The summed E-state index contributed by atoms with van der Waals surface area (Å²) in [7, 11) is 0. The third-order valence-corrected chi connectivity index (χ3v) is 2.24. The summed E-state index contributed by atoms with van der Waals surface area (Å²) in [6.07, 6.45) is -4.47. The van der Waals surface area contributed by atoms with Gasteiger partial charge in [-0.2, -0.15) is 13.2 Å². The molecule has 1 aromatic heterocycles. The number of ether oxygens (including phenoxy) is 1. The first kappa shape index (κ1) is 12.5. The zero-order valence-corrected chi connectivity index (χ0v) is 9.38. The zero-order valence-electron chi connectivity index (χ0n) is 9.38. The highest BCUT2D eigenvalue weighted by molar-refractivity contribution is 5.77. The minimum atomic E-state index is -4.47. The van der Waals surface area contributed by atoms with Gasteiger partial charge in [-0.3, -0.25) is 4.79 Å². The van der Waals surface area contributed by atoms with E-state index in [-0.39, 0.29) is 5.58 Å². The Labute approximate surface area is 99.8 Å². The molecular weight excluding hydrogens is 249 g/mol. The molecule has 6 heteroatoms. The van der Waals surface area contributed by atoms with Gasteiger partial charge in [-0.05, 0) is 24.6 Å². The molecule has 0 saturated heterocycles. The normalized spacial score (nSPS) is 11.8. The Balaban J connectivity index is 2.39. The first-order valence-corrected chi connectivity index (χ1v) is 5.09. The minimum Gasteiger partial charge on any atom is -0.455 e. The van der Waals surface area contributed by atoms with Crippen molar-refractivity contribution in [2.24, 2.45) is 0 Å². The lowest BCUT2D eigenvalue weighted by molar-refractivity contribution is -0.156. The molecule has 0 radical (unpaired) electrons. The van der Waals surface area contributed by atoms with Gasteiger partial charge in [0.15, 0.2) is 12.0 Å². The van der Waals surface area contributed by atoms with Crippen LogP contribution in [0.5, 0.6) is 5.95 Å². The number of aryl methyl sites for hydroxylation is 1. The van der Waals surface area contributed by atoms with Crippen LogP contribution in [-0.2, 0) is 0 Å². The first-order valence-electron chi connectivity index (χ1n) is 5.09. The standard InChI is InChI=1S/C12H9F3O3/c1-7-2-3-8-9(16)5-11(18-10(8)4-7)17-6-12(13,14)15/h2-5H,6H2,1H3. The van der Waals surface area contributed by atoms with Crippen LogP contribution in [-0.4, -0.2) is 12.8 Å². The monoisotopic (exact) mass is 258 g/mol. The molecule has 0 N–H and O–H groups in total. The predicted octanol–water partition coefficient (Wildman–Crippen LogP) is 3.04. The van der Waals surface area contributed by atoms with E-state index in [4.69, 9.17) is 4.42 Å². The maximum atomic E-state index is 12.0. The highest BCUT2D eigenvalue weighted by Crippen LogP contribution is 2.21. The van der Waals surface area contributed by atoms with Gasteiger partial charge in [0.1, 0.15) is 5.58 Å². The lowest BCUT2D eigenvalue weighted by atomic mass is 10.2. The van der Waals surface area contributed by atoms with Crippen molar-refractivity contribution in [2.45, 2.75) is 13.1 Å². The van der Waals surface area contributed by atoms with Crippen LogP contribution in [0.1, 0.15) is 5.56 Å². The summed E-state index contributed by atoms with van der Waals surface area (Å²) in [6, 6.07) is 5.75. The van der Waals surface area contributed by atoms with Crippen molar-refractivity contribution >= 4 is 11.0 Å². The number of benzene rings is 1. The molecule has 0 atom stereocenters. The highest BCUT2D eigenvalue weighted by atomic mass is 19.4.